The van der Waals surface area contributed by atoms with Crippen LogP contribution in [0, 0.1) is 27.7 Å². The molecule has 0 aliphatic carbocycles. The summed E-state index contributed by atoms with van der Waals surface area (Å²) >= 11 is 0. The van der Waals surface area contributed by atoms with Crippen molar-refractivity contribution in [3.63, 3.8) is 0 Å². The molecule has 0 bridgehead atoms. The van der Waals surface area contributed by atoms with Crippen LogP contribution in [0.2, 0.25) is 0 Å². The maximum Gasteiger partial charge on any atom is 0.0972 e. The van der Waals surface area contributed by atoms with Gasteiger partial charge < -0.3 is 18.9 Å². The second kappa shape index (κ2) is 19.7. The minimum atomic E-state index is 0.896. The van der Waals surface area contributed by atoms with Gasteiger partial charge in [0, 0.05) is 88.9 Å². The summed E-state index contributed by atoms with van der Waals surface area (Å²) in [6.45, 7) is 8.88. The quantitative estimate of drug-likeness (QED) is 0.128. The highest BCUT2D eigenvalue weighted by molar-refractivity contribution is 6.12. The molecule has 0 N–H and O–H groups in total. The van der Waals surface area contributed by atoms with E-state index in [1.165, 1.54) is 32.6 Å². The van der Waals surface area contributed by atoms with Crippen LogP contribution in [0.5, 0.6) is 0 Å². The van der Waals surface area contributed by atoms with Crippen molar-refractivity contribution >= 4 is 99.5 Å². The van der Waals surface area contributed by atoms with Gasteiger partial charge in [-0.15, -0.1) is 0 Å². The number of nitrogens with zero attached hydrogens (tertiary/aromatic N) is 6. The highest BCUT2D eigenvalue weighted by Gasteiger charge is 2.22. The van der Waals surface area contributed by atoms with Gasteiger partial charge in [-0.2, -0.15) is 0 Å². The summed E-state index contributed by atoms with van der Waals surface area (Å²) in [6, 6.07) is 96.2. The van der Waals surface area contributed by atoms with Crippen LogP contribution in [0.4, 0.5) is 34.1 Å². The molecule has 0 spiro atoms. The molecule has 4 aromatic heterocycles. The van der Waals surface area contributed by atoms with E-state index in [0.29, 0.717) is 0 Å². The molecule has 0 aliphatic heterocycles. The summed E-state index contributed by atoms with van der Waals surface area (Å²) in [4.78, 5) is 15.7. The zero-order chi connectivity index (χ0) is 55.0. The lowest BCUT2D eigenvalue weighted by molar-refractivity contribution is 1.16. The minimum absolute atomic E-state index is 0.896. The minimum Gasteiger partial charge on any atom is -0.310 e. The number of fused-ring (bicyclic) bond motifs is 9. The number of aryl methyl sites for hydroxylation is 4. The number of rotatable bonds is 10. The molecule has 0 amide bonds. The maximum atomic E-state index is 5.52. The van der Waals surface area contributed by atoms with Crippen LogP contribution >= 0.6 is 0 Å². The first-order chi connectivity index (χ1) is 40.3. The van der Waals surface area contributed by atoms with E-state index in [1.807, 2.05) is 0 Å². The Kier molecular flexibility index (Phi) is 11.6. The van der Waals surface area contributed by atoms with Crippen molar-refractivity contribution in [3.8, 4) is 33.9 Å². The normalized spacial score (nSPS) is 11.7. The van der Waals surface area contributed by atoms with E-state index in [-0.39, 0.29) is 0 Å². The van der Waals surface area contributed by atoms with E-state index in [0.717, 1.165) is 123 Å². The Morgan fingerprint density at radius 2 is 0.573 bits per heavy atom. The van der Waals surface area contributed by atoms with Crippen LogP contribution in [0.15, 0.2) is 267 Å². The molecule has 0 atom stereocenters. The third kappa shape index (κ3) is 8.10. The highest BCUT2D eigenvalue weighted by Crippen LogP contribution is 2.44. The monoisotopic (exact) mass is 1050 g/mol. The molecule has 0 unspecified atom stereocenters. The van der Waals surface area contributed by atoms with Gasteiger partial charge in [-0.25, -0.2) is 9.97 Å². The second-order valence-corrected chi connectivity index (χ2v) is 21.6. The summed E-state index contributed by atoms with van der Waals surface area (Å²) < 4.78 is 4.84. The molecule has 4 heterocycles. The molecule has 82 heavy (non-hydrogen) atoms. The third-order valence-electron chi connectivity index (χ3n) is 16.5. The van der Waals surface area contributed by atoms with Gasteiger partial charge in [-0.3, -0.25) is 0 Å². The first-order valence-corrected chi connectivity index (χ1v) is 28.1. The fourth-order valence-electron chi connectivity index (χ4n) is 13.0. The lowest BCUT2D eigenvalue weighted by atomic mass is 9.96. The third-order valence-corrected chi connectivity index (χ3v) is 16.5. The molecule has 15 rings (SSSR count). The van der Waals surface area contributed by atoms with E-state index in [9.17, 15) is 0 Å². The average Bonchev–Trinajstić information content (AvgIpc) is 4.07. The number of benzene rings is 11. The van der Waals surface area contributed by atoms with Crippen LogP contribution in [0.25, 0.3) is 99.3 Å². The first-order valence-electron chi connectivity index (χ1n) is 28.1. The van der Waals surface area contributed by atoms with Gasteiger partial charge in [-0.1, -0.05) is 133 Å². The fraction of sp³-hybridized carbons (Fsp3) is 0.0526. The van der Waals surface area contributed by atoms with Gasteiger partial charge in [0.25, 0.3) is 0 Å². The number of anilines is 6. The Balaban J connectivity index is 0.793. The van der Waals surface area contributed by atoms with E-state index < -0.39 is 0 Å². The molecule has 15 aromatic rings. The molecule has 0 saturated heterocycles. The molecular formula is C76H56N6. The topological polar surface area (TPSA) is 42.1 Å². The van der Waals surface area contributed by atoms with Crippen molar-refractivity contribution in [2.75, 3.05) is 9.80 Å². The molecule has 0 saturated carbocycles. The van der Waals surface area contributed by atoms with E-state index in [1.54, 1.807) is 0 Å². The zero-order valence-corrected chi connectivity index (χ0v) is 46.1. The average molecular weight is 1050 g/mol. The summed E-state index contributed by atoms with van der Waals surface area (Å²) in [5, 5.41) is 6.95. The number of aromatic nitrogens is 4. The number of para-hydroxylation sites is 6. The van der Waals surface area contributed by atoms with Crippen molar-refractivity contribution in [3.05, 3.63) is 289 Å². The second-order valence-electron chi connectivity index (χ2n) is 21.6. The van der Waals surface area contributed by atoms with Gasteiger partial charge in [0.15, 0.2) is 0 Å². The largest absolute Gasteiger partial charge is 0.310 e. The van der Waals surface area contributed by atoms with Crippen molar-refractivity contribution < 1.29 is 0 Å². The van der Waals surface area contributed by atoms with Crippen LogP contribution < -0.4 is 9.80 Å². The zero-order valence-electron chi connectivity index (χ0n) is 46.1. The Labute approximate surface area is 476 Å². The Bertz CT molecular complexity index is 4530. The molecule has 0 aliphatic rings. The lowest BCUT2D eigenvalue weighted by Crippen LogP contribution is -2.09. The molecule has 0 radical (unpaired) electrons. The van der Waals surface area contributed by atoms with Gasteiger partial charge in [0.2, 0.25) is 0 Å². The Hall–Kier alpha value is -10.6. The van der Waals surface area contributed by atoms with Crippen molar-refractivity contribution in [2.24, 2.45) is 0 Å². The molecule has 0 fully saturated rings. The van der Waals surface area contributed by atoms with Gasteiger partial charge in [0.05, 0.1) is 44.5 Å². The standard InChI is InChI=1S/C76H56N6/c1-49-43-61(81-69-31-19-17-29-63(69)65-47-59(37-41-71(65)81)79(55-21-9-5-10-22-55)56-23-11-6-12-24-56)44-50(2)73(49)67-39-35-53-33-34-54-36-40-68(78-76(54)75(53)77-67)74-51(3)45-62(46-52(74)4)82-70-32-20-18-30-64(70)66-48-60(38-42-72(66)82)80(57-25-13-7-14-26-57)58-27-15-8-16-28-58/h5-48H,1-4H3. The molecule has 6 nitrogen and oxygen atoms in total. The van der Waals surface area contributed by atoms with Crippen LogP contribution in [-0.2, 0) is 0 Å². The Morgan fingerprint density at radius 3 is 0.927 bits per heavy atom. The molecule has 11 aromatic carbocycles. The summed E-state index contributed by atoms with van der Waals surface area (Å²) in [6.07, 6.45) is 0. The number of hydrogen-bond acceptors (Lipinski definition) is 4. The molecule has 390 valence electrons. The van der Waals surface area contributed by atoms with E-state index in [2.05, 4.69) is 314 Å². The smallest absolute Gasteiger partial charge is 0.0972 e. The first kappa shape index (κ1) is 48.6. The number of pyridine rings is 2. The van der Waals surface area contributed by atoms with Crippen molar-refractivity contribution in [1.29, 1.82) is 0 Å². The maximum absolute atomic E-state index is 5.52. The van der Waals surface area contributed by atoms with Crippen molar-refractivity contribution in [2.45, 2.75) is 27.7 Å². The summed E-state index contributed by atoms with van der Waals surface area (Å²) in [5.41, 5.74) is 24.1. The van der Waals surface area contributed by atoms with Crippen molar-refractivity contribution in [1.82, 2.24) is 19.1 Å². The SMILES string of the molecule is Cc1cc(-n2c3ccccc3c3cc(N(c4ccccc4)c4ccccc4)ccc32)cc(C)c1-c1ccc2ccc3ccc(-c4c(C)cc(-n5c6ccccc6c6cc(N(c7ccccc7)c7ccccc7)ccc65)cc4C)nc3c2n1. The van der Waals surface area contributed by atoms with Crippen LogP contribution in [-0.4, -0.2) is 19.1 Å². The molecular weight excluding hydrogens is 997 g/mol. The van der Waals surface area contributed by atoms with E-state index in [4.69, 9.17) is 9.97 Å². The van der Waals surface area contributed by atoms with Gasteiger partial charge >= 0.3 is 0 Å². The van der Waals surface area contributed by atoms with Gasteiger partial charge in [0.1, 0.15) is 0 Å². The predicted octanol–water partition coefficient (Wildman–Crippen LogP) is 20.5. The predicted molar refractivity (Wildman–Crippen MR) is 345 cm³/mol. The van der Waals surface area contributed by atoms with Crippen LogP contribution in [0.3, 0.4) is 0 Å². The van der Waals surface area contributed by atoms with Gasteiger partial charge in [-0.05, 0) is 183 Å². The highest BCUT2D eigenvalue weighted by atomic mass is 15.1. The molecule has 6 heteroatoms. The van der Waals surface area contributed by atoms with E-state index >= 15 is 0 Å². The Morgan fingerprint density at radius 1 is 0.268 bits per heavy atom. The lowest BCUT2D eigenvalue weighted by Gasteiger charge is -2.25. The summed E-state index contributed by atoms with van der Waals surface area (Å²) in [7, 11) is 0. The number of hydrogen-bond donors (Lipinski definition) is 0. The van der Waals surface area contributed by atoms with Crippen LogP contribution in [0.1, 0.15) is 22.3 Å². The summed E-state index contributed by atoms with van der Waals surface area (Å²) in [5.74, 6) is 0. The fourth-order valence-corrected chi connectivity index (χ4v) is 13.0.